The number of carbonyl (C=O) groups excluding carboxylic acids is 1. The number of anilines is 2. The molecule has 3 N–H and O–H groups in total. The Hall–Kier alpha value is -1.31. The lowest BCUT2D eigenvalue weighted by molar-refractivity contribution is -0.114. The minimum atomic E-state index is -3.29. The maximum absolute atomic E-state index is 12.0. The Labute approximate surface area is 122 Å². The summed E-state index contributed by atoms with van der Waals surface area (Å²) in [6.07, 6.45) is 1.48. The first-order chi connectivity index (χ1) is 9.44. The SMILES string of the molecule is NCC(=O)Nc1cc(N2CCCCS2(=O)=O)ccc1Cl. The molecule has 0 spiro atoms. The largest absolute Gasteiger partial charge is 0.324 e. The summed E-state index contributed by atoms with van der Waals surface area (Å²) in [5, 5.41) is 2.89. The van der Waals surface area contributed by atoms with Gasteiger partial charge in [-0.05, 0) is 31.0 Å². The zero-order valence-electron chi connectivity index (χ0n) is 10.8. The predicted octanol–water partition coefficient (Wildman–Crippen LogP) is 1.17. The van der Waals surface area contributed by atoms with Crippen molar-refractivity contribution in [2.24, 2.45) is 5.73 Å². The number of benzene rings is 1. The molecule has 20 heavy (non-hydrogen) atoms. The molecule has 1 aliphatic heterocycles. The van der Waals surface area contributed by atoms with Crippen LogP contribution in [0.1, 0.15) is 12.8 Å². The van der Waals surface area contributed by atoms with Gasteiger partial charge in [-0.15, -0.1) is 0 Å². The molecular weight excluding hydrogens is 302 g/mol. The number of hydrogen-bond acceptors (Lipinski definition) is 4. The van der Waals surface area contributed by atoms with Crippen LogP contribution >= 0.6 is 11.6 Å². The van der Waals surface area contributed by atoms with E-state index in [0.29, 0.717) is 29.4 Å². The third kappa shape index (κ3) is 3.23. The smallest absolute Gasteiger partial charge is 0.238 e. The number of rotatable bonds is 3. The van der Waals surface area contributed by atoms with E-state index >= 15 is 0 Å². The Morgan fingerprint density at radius 3 is 2.80 bits per heavy atom. The molecule has 110 valence electrons. The predicted molar refractivity (Wildman–Crippen MR) is 79.5 cm³/mol. The molecule has 0 bridgehead atoms. The second-order valence-electron chi connectivity index (χ2n) is 4.51. The number of carbonyl (C=O) groups is 1. The molecule has 0 aliphatic carbocycles. The van der Waals surface area contributed by atoms with Gasteiger partial charge in [-0.25, -0.2) is 8.42 Å². The summed E-state index contributed by atoms with van der Waals surface area (Å²) in [4.78, 5) is 11.3. The summed E-state index contributed by atoms with van der Waals surface area (Å²) in [5.74, 6) is -0.245. The minimum absolute atomic E-state index is 0.139. The maximum Gasteiger partial charge on any atom is 0.238 e. The zero-order valence-corrected chi connectivity index (χ0v) is 12.4. The Morgan fingerprint density at radius 1 is 1.40 bits per heavy atom. The van der Waals surface area contributed by atoms with Crippen molar-refractivity contribution in [1.29, 1.82) is 0 Å². The Kier molecular flexibility index (Phi) is 4.52. The van der Waals surface area contributed by atoms with Crippen LogP contribution in [0.25, 0.3) is 0 Å². The van der Waals surface area contributed by atoms with Crippen LogP contribution in [0.2, 0.25) is 5.02 Å². The van der Waals surface area contributed by atoms with Crippen LogP contribution < -0.4 is 15.4 Å². The van der Waals surface area contributed by atoms with E-state index in [4.69, 9.17) is 17.3 Å². The summed E-state index contributed by atoms with van der Waals surface area (Å²) >= 11 is 5.98. The van der Waals surface area contributed by atoms with E-state index in [2.05, 4.69) is 5.32 Å². The topological polar surface area (TPSA) is 92.5 Å². The molecule has 1 aromatic carbocycles. The van der Waals surface area contributed by atoms with Crippen molar-refractivity contribution in [2.45, 2.75) is 12.8 Å². The number of sulfonamides is 1. The van der Waals surface area contributed by atoms with Crippen molar-refractivity contribution in [3.8, 4) is 0 Å². The molecular formula is C12H16ClN3O3S. The van der Waals surface area contributed by atoms with Crippen LogP contribution in [-0.2, 0) is 14.8 Å². The first kappa shape index (κ1) is 15.1. The molecule has 1 aromatic rings. The van der Waals surface area contributed by atoms with Crippen molar-refractivity contribution in [3.05, 3.63) is 23.2 Å². The van der Waals surface area contributed by atoms with Crippen LogP contribution in [0.4, 0.5) is 11.4 Å². The van der Waals surface area contributed by atoms with Gasteiger partial charge in [0.1, 0.15) is 0 Å². The highest BCUT2D eigenvalue weighted by atomic mass is 35.5. The van der Waals surface area contributed by atoms with Crippen LogP contribution in [0, 0.1) is 0 Å². The van der Waals surface area contributed by atoms with Gasteiger partial charge in [-0.3, -0.25) is 9.10 Å². The van der Waals surface area contributed by atoms with E-state index in [9.17, 15) is 13.2 Å². The van der Waals surface area contributed by atoms with Crippen molar-refractivity contribution < 1.29 is 13.2 Å². The lowest BCUT2D eigenvalue weighted by atomic mass is 10.2. The van der Waals surface area contributed by atoms with Gasteiger partial charge in [0.25, 0.3) is 0 Å². The fourth-order valence-corrected chi connectivity index (χ4v) is 3.84. The summed E-state index contributed by atoms with van der Waals surface area (Å²) in [7, 11) is -3.29. The van der Waals surface area contributed by atoms with E-state index in [1.165, 1.54) is 4.31 Å². The second-order valence-corrected chi connectivity index (χ2v) is 6.93. The number of hydrogen-bond donors (Lipinski definition) is 2. The molecule has 0 aromatic heterocycles. The third-order valence-electron chi connectivity index (χ3n) is 3.05. The van der Waals surface area contributed by atoms with Crippen LogP contribution in [0.3, 0.4) is 0 Å². The molecule has 1 amide bonds. The molecule has 1 heterocycles. The zero-order chi connectivity index (χ0) is 14.8. The molecule has 1 saturated heterocycles. The third-order valence-corrected chi connectivity index (χ3v) is 5.25. The van der Waals surface area contributed by atoms with Gasteiger partial charge in [0, 0.05) is 6.54 Å². The van der Waals surface area contributed by atoms with Gasteiger partial charge in [-0.1, -0.05) is 11.6 Å². The highest BCUT2D eigenvalue weighted by molar-refractivity contribution is 7.92. The Bertz CT molecular complexity index is 618. The quantitative estimate of drug-likeness (QED) is 0.875. The van der Waals surface area contributed by atoms with Gasteiger partial charge >= 0.3 is 0 Å². The molecule has 1 fully saturated rings. The van der Waals surface area contributed by atoms with Gasteiger partial charge in [-0.2, -0.15) is 0 Å². The summed E-state index contributed by atoms with van der Waals surface area (Å²) < 4.78 is 25.4. The molecule has 0 unspecified atom stereocenters. The highest BCUT2D eigenvalue weighted by Gasteiger charge is 2.26. The van der Waals surface area contributed by atoms with Gasteiger partial charge in [0.05, 0.1) is 28.7 Å². The Morgan fingerprint density at radius 2 is 2.15 bits per heavy atom. The summed E-state index contributed by atoms with van der Waals surface area (Å²) in [6.45, 7) is 0.275. The molecule has 1 aliphatic rings. The fraction of sp³-hybridized carbons (Fsp3) is 0.417. The van der Waals surface area contributed by atoms with E-state index in [1.54, 1.807) is 18.2 Å². The number of nitrogens with one attached hydrogen (secondary N) is 1. The van der Waals surface area contributed by atoms with Crippen molar-refractivity contribution in [3.63, 3.8) is 0 Å². The van der Waals surface area contributed by atoms with Crippen LogP contribution in [0.5, 0.6) is 0 Å². The lowest BCUT2D eigenvalue weighted by Crippen LogP contribution is -2.37. The van der Waals surface area contributed by atoms with Crippen molar-refractivity contribution in [1.82, 2.24) is 0 Å². The lowest BCUT2D eigenvalue weighted by Gasteiger charge is -2.28. The number of amides is 1. The molecule has 0 radical (unpaired) electrons. The standard InChI is InChI=1S/C12H16ClN3O3S/c13-10-4-3-9(7-11(10)15-12(17)8-14)16-5-1-2-6-20(16,18)19/h3-4,7H,1-2,5-6,8,14H2,(H,15,17). The Balaban J connectivity index is 2.33. The average Bonchev–Trinajstić information content (AvgIpc) is 2.41. The molecule has 0 atom stereocenters. The van der Waals surface area contributed by atoms with Crippen LogP contribution in [0.15, 0.2) is 18.2 Å². The molecule has 2 rings (SSSR count). The normalized spacial score (nSPS) is 17.8. The second kappa shape index (κ2) is 5.99. The first-order valence-corrected chi connectivity index (χ1v) is 8.22. The molecule has 6 nitrogen and oxygen atoms in total. The van der Waals surface area contributed by atoms with Crippen LogP contribution in [-0.4, -0.2) is 33.2 Å². The molecule has 8 heteroatoms. The first-order valence-electron chi connectivity index (χ1n) is 6.24. The van der Waals surface area contributed by atoms with E-state index in [0.717, 1.165) is 6.42 Å². The summed E-state index contributed by atoms with van der Waals surface area (Å²) in [5.41, 5.74) is 6.10. The minimum Gasteiger partial charge on any atom is -0.324 e. The highest BCUT2D eigenvalue weighted by Crippen LogP contribution is 2.30. The van der Waals surface area contributed by atoms with Crippen molar-refractivity contribution >= 4 is 38.9 Å². The number of nitrogens with zero attached hydrogens (tertiary/aromatic N) is 1. The van der Waals surface area contributed by atoms with Crippen molar-refractivity contribution in [2.75, 3.05) is 28.5 Å². The van der Waals surface area contributed by atoms with Gasteiger partial charge in [0.15, 0.2) is 0 Å². The van der Waals surface area contributed by atoms with Gasteiger partial charge < -0.3 is 11.1 Å². The maximum atomic E-state index is 12.0. The van der Waals surface area contributed by atoms with E-state index in [-0.39, 0.29) is 18.2 Å². The van der Waals surface area contributed by atoms with E-state index in [1.807, 2.05) is 0 Å². The monoisotopic (exact) mass is 317 g/mol. The number of halogens is 1. The average molecular weight is 318 g/mol. The fourth-order valence-electron chi connectivity index (χ4n) is 2.04. The molecule has 0 saturated carbocycles. The van der Waals surface area contributed by atoms with E-state index < -0.39 is 10.0 Å². The van der Waals surface area contributed by atoms with Gasteiger partial charge in [0.2, 0.25) is 15.9 Å². The number of nitrogens with two attached hydrogens (primary N) is 1. The summed E-state index contributed by atoms with van der Waals surface area (Å²) in [6, 6.07) is 4.75.